The topological polar surface area (TPSA) is 52.3 Å². The van der Waals surface area contributed by atoms with Gasteiger partial charge in [-0.05, 0) is 19.1 Å². The number of methoxy groups -OCH3 is 1. The van der Waals surface area contributed by atoms with Crippen LogP contribution in [0, 0.1) is 6.92 Å². The minimum absolute atomic E-state index is 0.327. The van der Waals surface area contributed by atoms with E-state index < -0.39 is 0 Å². The predicted octanol–water partition coefficient (Wildman–Crippen LogP) is 3.06. The van der Waals surface area contributed by atoms with Gasteiger partial charge in [0.05, 0.1) is 24.1 Å². The summed E-state index contributed by atoms with van der Waals surface area (Å²) in [4.78, 5) is 12.5. The number of carbonyl (C=O) groups is 1. The van der Waals surface area contributed by atoms with Gasteiger partial charge >= 0.3 is 5.97 Å². The third-order valence-electron chi connectivity index (χ3n) is 2.34. The first kappa shape index (κ1) is 12.7. The molecule has 0 amide bonds. The Labute approximate surface area is 109 Å². The van der Waals surface area contributed by atoms with E-state index in [1.54, 1.807) is 6.07 Å². The maximum Gasteiger partial charge on any atom is 0.338 e. The number of aryl methyl sites for hydroxylation is 1. The fraction of sp³-hybridized carbons (Fsp3) is 0.231. The Morgan fingerprint density at radius 2 is 2.22 bits per heavy atom. The molecule has 0 saturated carbocycles. The molecule has 2 aromatic rings. The van der Waals surface area contributed by atoms with Crippen molar-refractivity contribution in [3.63, 3.8) is 0 Å². The summed E-state index contributed by atoms with van der Waals surface area (Å²) < 4.78 is 9.87. The molecular formula is C13H13NO3S. The Morgan fingerprint density at radius 3 is 2.89 bits per heavy atom. The van der Waals surface area contributed by atoms with Gasteiger partial charge in [-0.3, -0.25) is 0 Å². The lowest BCUT2D eigenvalue weighted by Gasteiger charge is -2.05. The highest BCUT2D eigenvalue weighted by atomic mass is 32.2. The minimum atomic E-state index is -0.327. The number of nitrogens with zero attached hydrogens (tertiary/aromatic N) is 1. The molecule has 0 unspecified atom stereocenters. The third kappa shape index (κ3) is 2.92. The van der Waals surface area contributed by atoms with Gasteiger partial charge in [-0.15, -0.1) is 11.8 Å². The molecule has 1 aromatic carbocycles. The number of thioether (sulfide) groups is 1. The van der Waals surface area contributed by atoms with Gasteiger partial charge in [0.25, 0.3) is 0 Å². The number of rotatable bonds is 4. The van der Waals surface area contributed by atoms with Crippen LogP contribution in [0.2, 0.25) is 0 Å². The Bertz CT molecular complexity index is 551. The molecule has 0 fully saturated rings. The van der Waals surface area contributed by atoms with E-state index in [4.69, 9.17) is 9.26 Å². The molecule has 0 aliphatic carbocycles. The lowest BCUT2D eigenvalue weighted by molar-refractivity contribution is 0.0597. The molecule has 0 spiro atoms. The zero-order valence-electron chi connectivity index (χ0n) is 10.2. The molecule has 4 nitrogen and oxygen atoms in total. The van der Waals surface area contributed by atoms with Crippen LogP contribution in [0.5, 0.6) is 0 Å². The summed E-state index contributed by atoms with van der Waals surface area (Å²) in [5.74, 6) is 1.10. The monoisotopic (exact) mass is 263 g/mol. The summed E-state index contributed by atoms with van der Waals surface area (Å²) in [5, 5.41) is 3.82. The van der Waals surface area contributed by atoms with Crippen molar-refractivity contribution < 1.29 is 14.1 Å². The largest absolute Gasteiger partial charge is 0.465 e. The number of hydrogen-bond acceptors (Lipinski definition) is 5. The zero-order chi connectivity index (χ0) is 13.0. The van der Waals surface area contributed by atoms with E-state index in [-0.39, 0.29) is 5.97 Å². The highest BCUT2D eigenvalue weighted by molar-refractivity contribution is 7.98. The molecule has 5 heteroatoms. The summed E-state index contributed by atoms with van der Waals surface area (Å²) in [5.41, 5.74) is 1.42. The molecule has 0 aliphatic rings. The van der Waals surface area contributed by atoms with Crippen molar-refractivity contribution >= 4 is 17.7 Å². The summed E-state index contributed by atoms with van der Waals surface area (Å²) in [6.45, 7) is 1.88. The van der Waals surface area contributed by atoms with Gasteiger partial charge in [-0.2, -0.15) is 0 Å². The van der Waals surface area contributed by atoms with Crippen LogP contribution in [0.3, 0.4) is 0 Å². The highest BCUT2D eigenvalue weighted by Gasteiger charge is 2.12. The molecule has 0 N–H and O–H groups in total. The van der Waals surface area contributed by atoms with Crippen LogP contribution in [-0.2, 0) is 10.5 Å². The molecule has 1 heterocycles. The molecule has 0 aliphatic heterocycles. The van der Waals surface area contributed by atoms with E-state index in [1.165, 1.54) is 18.9 Å². The fourth-order valence-corrected chi connectivity index (χ4v) is 2.42. The second kappa shape index (κ2) is 5.73. The number of benzene rings is 1. The van der Waals surface area contributed by atoms with Gasteiger partial charge in [0, 0.05) is 11.0 Å². The first-order chi connectivity index (χ1) is 8.70. The van der Waals surface area contributed by atoms with E-state index in [2.05, 4.69) is 5.16 Å². The highest BCUT2D eigenvalue weighted by Crippen LogP contribution is 2.26. The van der Waals surface area contributed by atoms with Gasteiger partial charge in [0.2, 0.25) is 0 Å². The maximum atomic E-state index is 11.6. The van der Waals surface area contributed by atoms with E-state index in [0.29, 0.717) is 11.3 Å². The number of carbonyl (C=O) groups excluding carboxylic acids is 1. The second-order valence-corrected chi connectivity index (χ2v) is 4.73. The summed E-state index contributed by atoms with van der Waals surface area (Å²) >= 11 is 1.52. The normalized spacial score (nSPS) is 10.3. The Hall–Kier alpha value is -1.75. The molecule has 0 bridgehead atoms. The standard InChI is InChI=1S/C13H13NO3S/c1-9-7-10(17-14-9)8-18-12-6-4-3-5-11(12)13(15)16-2/h3-7H,8H2,1-2H3. The molecule has 1 aromatic heterocycles. The van der Waals surface area contributed by atoms with Gasteiger partial charge < -0.3 is 9.26 Å². The van der Waals surface area contributed by atoms with Gasteiger partial charge in [0.1, 0.15) is 5.76 Å². The van der Waals surface area contributed by atoms with Crippen LogP contribution in [0.1, 0.15) is 21.8 Å². The van der Waals surface area contributed by atoms with Crippen molar-refractivity contribution in [2.45, 2.75) is 17.6 Å². The van der Waals surface area contributed by atoms with Crippen LogP contribution < -0.4 is 0 Å². The van der Waals surface area contributed by atoms with Gasteiger partial charge in [0.15, 0.2) is 0 Å². The van der Waals surface area contributed by atoms with E-state index in [0.717, 1.165) is 16.3 Å². The average molecular weight is 263 g/mol. The van der Waals surface area contributed by atoms with Crippen molar-refractivity contribution in [2.24, 2.45) is 0 Å². The summed E-state index contributed by atoms with van der Waals surface area (Å²) in [7, 11) is 1.38. The van der Waals surface area contributed by atoms with E-state index >= 15 is 0 Å². The summed E-state index contributed by atoms with van der Waals surface area (Å²) in [6, 6.07) is 9.23. The van der Waals surface area contributed by atoms with E-state index in [9.17, 15) is 4.79 Å². The molecule has 2 rings (SSSR count). The second-order valence-electron chi connectivity index (χ2n) is 3.71. The van der Waals surface area contributed by atoms with E-state index in [1.807, 2.05) is 31.2 Å². The van der Waals surface area contributed by atoms with Crippen molar-refractivity contribution in [3.05, 3.63) is 47.3 Å². The van der Waals surface area contributed by atoms with Crippen LogP contribution >= 0.6 is 11.8 Å². The smallest absolute Gasteiger partial charge is 0.338 e. The Balaban J connectivity index is 2.11. The fourth-order valence-electron chi connectivity index (χ4n) is 1.50. The number of aromatic nitrogens is 1. The molecule has 94 valence electrons. The van der Waals surface area contributed by atoms with Crippen molar-refractivity contribution in [1.82, 2.24) is 5.16 Å². The minimum Gasteiger partial charge on any atom is -0.465 e. The summed E-state index contributed by atoms with van der Waals surface area (Å²) in [6.07, 6.45) is 0. The van der Waals surface area contributed by atoms with Crippen LogP contribution in [0.15, 0.2) is 39.8 Å². The SMILES string of the molecule is COC(=O)c1ccccc1SCc1cc(C)no1. The van der Waals surface area contributed by atoms with Crippen LogP contribution in [0.25, 0.3) is 0 Å². The average Bonchev–Trinajstić information content (AvgIpc) is 2.81. The first-order valence-corrected chi connectivity index (χ1v) is 6.41. The van der Waals surface area contributed by atoms with Gasteiger partial charge in [-0.1, -0.05) is 17.3 Å². The number of ether oxygens (including phenoxy) is 1. The number of esters is 1. The van der Waals surface area contributed by atoms with Crippen LogP contribution in [-0.4, -0.2) is 18.2 Å². The van der Waals surface area contributed by atoms with Crippen molar-refractivity contribution in [1.29, 1.82) is 0 Å². The molecule has 0 atom stereocenters. The molecule has 0 saturated heterocycles. The van der Waals surface area contributed by atoms with Crippen molar-refractivity contribution in [3.8, 4) is 0 Å². The maximum absolute atomic E-state index is 11.6. The lowest BCUT2D eigenvalue weighted by Crippen LogP contribution is -2.02. The molecule has 0 radical (unpaired) electrons. The first-order valence-electron chi connectivity index (χ1n) is 5.43. The lowest BCUT2D eigenvalue weighted by atomic mass is 10.2. The molecule has 18 heavy (non-hydrogen) atoms. The van der Waals surface area contributed by atoms with Gasteiger partial charge in [-0.25, -0.2) is 4.79 Å². The predicted molar refractivity (Wildman–Crippen MR) is 68.6 cm³/mol. The quantitative estimate of drug-likeness (QED) is 0.626. The van der Waals surface area contributed by atoms with Crippen LogP contribution in [0.4, 0.5) is 0 Å². The third-order valence-corrected chi connectivity index (χ3v) is 3.43. The Kier molecular flexibility index (Phi) is 4.04. The number of hydrogen-bond donors (Lipinski definition) is 0. The van der Waals surface area contributed by atoms with Crippen molar-refractivity contribution in [2.75, 3.05) is 7.11 Å². The zero-order valence-corrected chi connectivity index (χ0v) is 11.0. The Morgan fingerprint density at radius 1 is 1.44 bits per heavy atom. The molecular weight excluding hydrogens is 250 g/mol.